The zero-order valence-electron chi connectivity index (χ0n) is 30.0. The van der Waals surface area contributed by atoms with E-state index < -0.39 is 0 Å². The Kier molecular flexibility index (Phi) is 6.76. The first kappa shape index (κ1) is 31.2. The van der Waals surface area contributed by atoms with Gasteiger partial charge in [0.15, 0.2) is 17.5 Å². The molecule has 260 valence electrons. The number of hydrogen-bond acceptors (Lipinski definition) is 4. The Balaban J connectivity index is 1.26. The van der Waals surface area contributed by atoms with E-state index in [0.29, 0.717) is 17.5 Å². The topological polar surface area (TPSA) is 43.6 Å². The molecule has 0 aliphatic carbocycles. The molecular formula is C51H30N4S. The highest BCUT2D eigenvalue weighted by Gasteiger charge is 2.22. The number of rotatable bonds is 4. The highest BCUT2D eigenvalue weighted by atomic mass is 32.1. The first-order valence-corrected chi connectivity index (χ1v) is 19.7. The van der Waals surface area contributed by atoms with Crippen molar-refractivity contribution in [3.8, 4) is 39.9 Å². The van der Waals surface area contributed by atoms with E-state index in [-0.39, 0.29) is 0 Å². The van der Waals surface area contributed by atoms with Crippen molar-refractivity contribution in [2.75, 3.05) is 0 Å². The first-order chi connectivity index (χ1) is 27.8. The van der Waals surface area contributed by atoms with Crippen LogP contribution >= 0.6 is 11.3 Å². The molecule has 0 fully saturated rings. The van der Waals surface area contributed by atoms with Crippen molar-refractivity contribution in [1.82, 2.24) is 19.5 Å². The molecule has 0 N–H and O–H groups in total. The van der Waals surface area contributed by atoms with Gasteiger partial charge in [0.05, 0.1) is 16.7 Å². The Bertz CT molecular complexity index is 3470. The predicted molar refractivity (Wildman–Crippen MR) is 236 cm³/mol. The normalized spacial score (nSPS) is 11.9. The number of aromatic nitrogens is 4. The van der Waals surface area contributed by atoms with Gasteiger partial charge in [-0.1, -0.05) is 152 Å². The van der Waals surface area contributed by atoms with Crippen LogP contribution in [0.4, 0.5) is 0 Å². The van der Waals surface area contributed by atoms with Crippen LogP contribution in [0.2, 0.25) is 0 Å². The lowest BCUT2D eigenvalue weighted by molar-refractivity contribution is 1.07. The van der Waals surface area contributed by atoms with Crippen LogP contribution in [0.25, 0.3) is 114 Å². The first-order valence-electron chi connectivity index (χ1n) is 18.9. The molecule has 0 saturated heterocycles. The fourth-order valence-electron chi connectivity index (χ4n) is 8.75. The van der Waals surface area contributed by atoms with E-state index in [1.54, 1.807) is 0 Å². The van der Waals surface area contributed by atoms with E-state index in [2.05, 4.69) is 150 Å². The monoisotopic (exact) mass is 730 g/mol. The van der Waals surface area contributed by atoms with Crippen LogP contribution in [-0.4, -0.2) is 19.5 Å². The summed E-state index contributed by atoms with van der Waals surface area (Å²) in [4.78, 5) is 15.5. The van der Waals surface area contributed by atoms with Gasteiger partial charge in [-0.3, -0.25) is 0 Å². The molecule has 0 aliphatic rings. The molecule has 0 bridgehead atoms. The van der Waals surface area contributed by atoms with E-state index in [0.717, 1.165) is 33.3 Å². The Hall–Kier alpha value is -7.21. The van der Waals surface area contributed by atoms with Gasteiger partial charge < -0.3 is 4.57 Å². The number of fused-ring (bicyclic) bond motifs is 13. The van der Waals surface area contributed by atoms with Gasteiger partial charge in [-0.25, -0.2) is 15.0 Å². The van der Waals surface area contributed by atoms with Gasteiger partial charge in [-0.15, -0.1) is 11.3 Å². The molecule has 3 heterocycles. The zero-order valence-corrected chi connectivity index (χ0v) is 30.8. The molecule has 12 aromatic rings. The van der Waals surface area contributed by atoms with Crippen LogP contribution in [0.3, 0.4) is 0 Å². The van der Waals surface area contributed by atoms with Crippen LogP contribution in [0, 0.1) is 0 Å². The Morgan fingerprint density at radius 3 is 1.54 bits per heavy atom. The minimum Gasteiger partial charge on any atom is -0.309 e. The fraction of sp³-hybridized carbons (Fsp3) is 0. The Morgan fingerprint density at radius 2 is 0.857 bits per heavy atom. The average molecular weight is 731 g/mol. The highest BCUT2D eigenvalue weighted by molar-refractivity contribution is 7.26. The van der Waals surface area contributed by atoms with E-state index in [1.165, 1.54) is 63.4 Å². The summed E-state index contributed by atoms with van der Waals surface area (Å²) in [6.07, 6.45) is 0. The van der Waals surface area contributed by atoms with Crippen molar-refractivity contribution in [2.45, 2.75) is 0 Å². The van der Waals surface area contributed by atoms with E-state index in [1.807, 2.05) is 47.7 Å². The number of thiophene rings is 1. The average Bonchev–Trinajstić information content (AvgIpc) is 3.82. The van der Waals surface area contributed by atoms with Crippen LogP contribution < -0.4 is 0 Å². The molecule has 0 spiro atoms. The summed E-state index contributed by atoms with van der Waals surface area (Å²) in [5.74, 6) is 1.91. The summed E-state index contributed by atoms with van der Waals surface area (Å²) in [5, 5.41) is 12.3. The van der Waals surface area contributed by atoms with Crippen molar-refractivity contribution in [3.63, 3.8) is 0 Å². The molecule has 9 aromatic carbocycles. The lowest BCUT2D eigenvalue weighted by Crippen LogP contribution is -2.02. The van der Waals surface area contributed by atoms with E-state index >= 15 is 0 Å². The Labute approximate surface area is 325 Å². The summed E-state index contributed by atoms with van der Waals surface area (Å²) < 4.78 is 5.10. The SMILES string of the molecule is c1ccc(-c2nc(-c3ccccc3)nc(-c3cc(-n4c5ccccc5c5c6sc7ccccc7c6ccc54)c4c5ccccc5c5ccccc5c4c3)n2)cc1. The van der Waals surface area contributed by atoms with Crippen LogP contribution in [0.15, 0.2) is 182 Å². The smallest absolute Gasteiger partial charge is 0.164 e. The van der Waals surface area contributed by atoms with Crippen molar-refractivity contribution >= 4 is 85.6 Å². The van der Waals surface area contributed by atoms with Gasteiger partial charge in [-0.2, -0.15) is 0 Å². The predicted octanol–water partition coefficient (Wildman–Crippen LogP) is 13.8. The molecule has 0 aliphatic heterocycles. The third kappa shape index (κ3) is 4.62. The molecule has 4 nitrogen and oxygen atoms in total. The molecule has 0 atom stereocenters. The molecule has 0 radical (unpaired) electrons. The second-order valence-corrected chi connectivity index (χ2v) is 15.4. The zero-order chi connectivity index (χ0) is 36.7. The quantitative estimate of drug-likeness (QED) is 0.169. The van der Waals surface area contributed by atoms with Gasteiger partial charge in [0.1, 0.15) is 0 Å². The minimum atomic E-state index is 0.630. The van der Waals surface area contributed by atoms with Crippen molar-refractivity contribution in [3.05, 3.63) is 182 Å². The van der Waals surface area contributed by atoms with Crippen LogP contribution in [-0.2, 0) is 0 Å². The standard InChI is InChI=1S/C51H30N4S/c1-3-15-31(16-4-1)49-52-50(32-17-5-2-6-18-32)54-51(53-49)33-29-41-36-21-8-7-19-34(36)35-20-9-10-23-38(35)46(41)44(30-33)55-42-25-13-11-24-40(42)47-43(55)28-27-39-37-22-12-14-26-45(37)56-48(39)47/h1-30H. The molecule has 0 saturated carbocycles. The number of benzene rings is 9. The molecule has 3 aromatic heterocycles. The summed E-state index contributed by atoms with van der Waals surface area (Å²) in [6, 6.07) is 64.9. The summed E-state index contributed by atoms with van der Waals surface area (Å²) >= 11 is 1.88. The molecule has 5 heteroatoms. The molecular weight excluding hydrogens is 701 g/mol. The number of nitrogens with zero attached hydrogens (tertiary/aromatic N) is 4. The summed E-state index contributed by atoms with van der Waals surface area (Å²) in [7, 11) is 0. The highest BCUT2D eigenvalue weighted by Crippen LogP contribution is 2.46. The van der Waals surface area contributed by atoms with Crippen molar-refractivity contribution in [2.24, 2.45) is 0 Å². The third-order valence-electron chi connectivity index (χ3n) is 11.2. The minimum absolute atomic E-state index is 0.630. The maximum absolute atomic E-state index is 5.23. The second-order valence-electron chi connectivity index (χ2n) is 14.3. The Morgan fingerprint density at radius 1 is 0.339 bits per heavy atom. The molecule has 0 amide bonds. The number of hydrogen-bond donors (Lipinski definition) is 0. The maximum Gasteiger partial charge on any atom is 0.164 e. The molecule has 0 unspecified atom stereocenters. The third-order valence-corrected chi connectivity index (χ3v) is 12.4. The van der Waals surface area contributed by atoms with Gasteiger partial charge in [-0.05, 0) is 57.3 Å². The fourth-order valence-corrected chi connectivity index (χ4v) is 10.0. The largest absolute Gasteiger partial charge is 0.309 e. The van der Waals surface area contributed by atoms with Crippen LogP contribution in [0.5, 0.6) is 0 Å². The van der Waals surface area contributed by atoms with Gasteiger partial charge >= 0.3 is 0 Å². The van der Waals surface area contributed by atoms with E-state index in [9.17, 15) is 0 Å². The summed E-state index contributed by atoms with van der Waals surface area (Å²) in [6.45, 7) is 0. The lowest BCUT2D eigenvalue weighted by atomic mass is 9.91. The van der Waals surface area contributed by atoms with E-state index in [4.69, 9.17) is 15.0 Å². The number of para-hydroxylation sites is 1. The molecule has 56 heavy (non-hydrogen) atoms. The summed E-state index contributed by atoms with van der Waals surface area (Å²) in [5.41, 5.74) is 6.24. The van der Waals surface area contributed by atoms with Crippen LogP contribution in [0.1, 0.15) is 0 Å². The van der Waals surface area contributed by atoms with Gasteiger partial charge in [0, 0.05) is 53.0 Å². The van der Waals surface area contributed by atoms with Crippen molar-refractivity contribution in [1.29, 1.82) is 0 Å². The van der Waals surface area contributed by atoms with Crippen molar-refractivity contribution < 1.29 is 0 Å². The second kappa shape index (κ2) is 12.2. The van der Waals surface area contributed by atoms with Gasteiger partial charge in [0.2, 0.25) is 0 Å². The van der Waals surface area contributed by atoms with Gasteiger partial charge in [0.25, 0.3) is 0 Å². The lowest BCUT2D eigenvalue weighted by Gasteiger charge is -2.18. The molecule has 12 rings (SSSR count). The maximum atomic E-state index is 5.23.